The Kier molecular flexibility index (Phi) is 9.27. The number of hydrogen-bond donors (Lipinski definition) is 2. The normalized spacial score (nSPS) is 18.1. The predicted octanol–water partition coefficient (Wildman–Crippen LogP) is 3.95. The molecule has 0 bridgehead atoms. The first-order chi connectivity index (χ1) is 14.2. The first kappa shape index (κ1) is 23.8. The molecule has 2 aromatic rings. The van der Waals surface area contributed by atoms with Gasteiger partial charge >= 0.3 is 0 Å². The number of ether oxygens (including phenoxy) is 3. The highest BCUT2D eigenvalue weighted by Crippen LogP contribution is 2.39. The van der Waals surface area contributed by atoms with Crippen LogP contribution in [-0.2, 0) is 6.61 Å². The van der Waals surface area contributed by atoms with Gasteiger partial charge < -0.3 is 25.3 Å². The third kappa shape index (κ3) is 5.80. The van der Waals surface area contributed by atoms with Crippen molar-refractivity contribution in [3.05, 3.63) is 53.6 Å². The molecule has 6 nitrogen and oxygen atoms in total. The standard InChI is InChI=1S/C23H30N2O4.ClH/c1-27-20-12-18(23(26)25-19-11-7-6-10-17(19)14-24)13-21(28-2)22(20)29-15-16-8-4-3-5-9-16;/h3-5,8-9,12-13,17,19H,6-7,10-11,14-15,24H2,1-2H3,(H,25,26);1H. The molecule has 1 aliphatic rings. The van der Waals surface area contributed by atoms with Crippen molar-refractivity contribution >= 4 is 18.3 Å². The van der Waals surface area contributed by atoms with E-state index in [2.05, 4.69) is 5.32 Å². The number of nitrogens with two attached hydrogens (primary N) is 1. The Morgan fingerprint density at radius 3 is 2.30 bits per heavy atom. The van der Waals surface area contributed by atoms with Crippen molar-refractivity contribution in [2.45, 2.75) is 38.3 Å². The van der Waals surface area contributed by atoms with Crippen molar-refractivity contribution in [1.29, 1.82) is 0 Å². The number of rotatable bonds is 8. The van der Waals surface area contributed by atoms with E-state index in [9.17, 15) is 4.79 Å². The summed E-state index contributed by atoms with van der Waals surface area (Å²) in [5.74, 6) is 1.58. The summed E-state index contributed by atoms with van der Waals surface area (Å²) in [6.07, 6.45) is 4.30. The minimum Gasteiger partial charge on any atom is -0.493 e. The molecule has 1 aliphatic carbocycles. The van der Waals surface area contributed by atoms with E-state index in [-0.39, 0.29) is 24.4 Å². The van der Waals surface area contributed by atoms with Gasteiger partial charge in [0.25, 0.3) is 5.91 Å². The van der Waals surface area contributed by atoms with Gasteiger partial charge in [0.05, 0.1) is 14.2 Å². The van der Waals surface area contributed by atoms with Crippen LogP contribution in [0.2, 0.25) is 0 Å². The zero-order valence-corrected chi connectivity index (χ0v) is 18.4. The zero-order valence-electron chi connectivity index (χ0n) is 17.6. The number of amides is 1. The summed E-state index contributed by atoms with van der Waals surface area (Å²) in [5, 5.41) is 3.15. The van der Waals surface area contributed by atoms with Crippen LogP contribution in [-0.4, -0.2) is 32.7 Å². The van der Waals surface area contributed by atoms with Crippen molar-refractivity contribution in [1.82, 2.24) is 5.32 Å². The van der Waals surface area contributed by atoms with E-state index in [1.807, 2.05) is 30.3 Å². The Morgan fingerprint density at radius 2 is 1.70 bits per heavy atom. The molecule has 164 valence electrons. The number of halogens is 1. The smallest absolute Gasteiger partial charge is 0.251 e. The van der Waals surface area contributed by atoms with Crippen molar-refractivity contribution < 1.29 is 19.0 Å². The molecule has 0 aliphatic heterocycles. The van der Waals surface area contributed by atoms with Crippen LogP contribution >= 0.6 is 12.4 Å². The minimum atomic E-state index is -0.151. The van der Waals surface area contributed by atoms with Gasteiger partial charge in [-0.15, -0.1) is 12.4 Å². The van der Waals surface area contributed by atoms with Crippen LogP contribution in [0.15, 0.2) is 42.5 Å². The molecule has 0 spiro atoms. The Labute approximate surface area is 184 Å². The summed E-state index contributed by atoms with van der Waals surface area (Å²) in [5.41, 5.74) is 7.40. The van der Waals surface area contributed by atoms with Gasteiger partial charge in [-0.1, -0.05) is 43.2 Å². The van der Waals surface area contributed by atoms with Gasteiger partial charge in [-0.25, -0.2) is 0 Å². The maximum Gasteiger partial charge on any atom is 0.251 e. The van der Waals surface area contributed by atoms with E-state index in [0.29, 0.717) is 41.9 Å². The van der Waals surface area contributed by atoms with E-state index >= 15 is 0 Å². The largest absolute Gasteiger partial charge is 0.493 e. The maximum atomic E-state index is 12.9. The number of methoxy groups -OCH3 is 2. The molecule has 2 atom stereocenters. The Balaban J connectivity index is 0.00000320. The maximum absolute atomic E-state index is 12.9. The van der Waals surface area contributed by atoms with Gasteiger partial charge in [0.2, 0.25) is 5.75 Å². The minimum absolute atomic E-state index is 0. The average Bonchev–Trinajstić information content (AvgIpc) is 2.78. The van der Waals surface area contributed by atoms with Crippen molar-refractivity contribution in [3.63, 3.8) is 0 Å². The number of carbonyl (C=O) groups excluding carboxylic acids is 1. The van der Waals surface area contributed by atoms with Crippen LogP contribution in [0.1, 0.15) is 41.6 Å². The molecule has 0 radical (unpaired) electrons. The van der Waals surface area contributed by atoms with E-state index < -0.39 is 0 Å². The van der Waals surface area contributed by atoms with Gasteiger partial charge in [-0.3, -0.25) is 4.79 Å². The number of nitrogens with one attached hydrogen (secondary N) is 1. The second-order valence-electron chi connectivity index (χ2n) is 7.34. The molecular formula is C23H31ClN2O4. The van der Waals surface area contributed by atoms with Gasteiger partial charge in [0.15, 0.2) is 11.5 Å². The third-order valence-electron chi connectivity index (χ3n) is 5.48. The summed E-state index contributed by atoms with van der Waals surface area (Å²) in [6, 6.07) is 13.3. The molecule has 2 unspecified atom stereocenters. The highest BCUT2D eigenvalue weighted by atomic mass is 35.5. The van der Waals surface area contributed by atoms with Crippen molar-refractivity contribution in [2.75, 3.05) is 20.8 Å². The fourth-order valence-electron chi connectivity index (χ4n) is 3.81. The van der Waals surface area contributed by atoms with Gasteiger partial charge in [0, 0.05) is 11.6 Å². The van der Waals surface area contributed by atoms with E-state index in [4.69, 9.17) is 19.9 Å². The second kappa shape index (κ2) is 11.7. The SMILES string of the molecule is COc1cc(C(=O)NC2CCCCC2CN)cc(OC)c1OCc1ccccc1.Cl. The van der Waals surface area contributed by atoms with Gasteiger partial charge in [-0.2, -0.15) is 0 Å². The van der Waals surface area contributed by atoms with Crippen molar-refractivity contribution in [3.8, 4) is 17.2 Å². The summed E-state index contributed by atoms with van der Waals surface area (Å²) in [6.45, 7) is 0.962. The molecule has 1 saturated carbocycles. The van der Waals surface area contributed by atoms with Crippen LogP contribution in [0.3, 0.4) is 0 Å². The molecule has 0 aromatic heterocycles. The van der Waals surface area contributed by atoms with E-state index in [0.717, 1.165) is 24.8 Å². The molecule has 1 amide bonds. The molecule has 3 rings (SSSR count). The Hall–Kier alpha value is -2.44. The van der Waals surface area contributed by atoms with E-state index in [1.165, 1.54) is 6.42 Å². The first-order valence-corrected chi connectivity index (χ1v) is 10.1. The van der Waals surface area contributed by atoms with Crippen LogP contribution in [0.5, 0.6) is 17.2 Å². The summed E-state index contributed by atoms with van der Waals surface area (Å²) in [4.78, 5) is 12.9. The predicted molar refractivity (Wildman–Crippen MR) is 120 cm³/mol. The monoisotopic (exact) mass is 434 g/mol. The van der Waals surface area contributed by atoms with Gasteiger partial charge in [0.1, 0.15) is 6.61 Å². The molecule has 0 saturated heterocycles. The third-order valence-corrected chi connectivity index (χ3v) is 5.48. The summed E-state index contributed by atoms with van der Waals surface area (Å²) in [7, 11) is 3.11. The van der Waals surface area contributed by atoms with E-state index in [1.54, 1.807) is 26.4 Å². The lowest BCUT2D eigenvalue weighted by atomic mass is 9.84. The molecule has 1 fully saturated rings. The highest BCUT2D eigenvalue weighted by Gasteiger charge is 2.26. The number of carbonyl (C=O) groups is 1. The number of hydrogen-bond acceptors (Lipinski definition) is 5. The summed E-state index contributed by atoms with van der Waals surface area (Å²) >= 11 is 0. The Bertz CT molecular complexity index is 791. The lowest BCUT2D eigenvalue weighted by Gasteiger charge is -2.31. The molecule has 30 heavy (non-hydrogen) atoms. The first-order valence-electron chi connectivity index (χ1n) is 10.1. The van der Waals surface area contributed by atoms with Gasteiger partial charge in [-0.05, 0) is 43.0 Å². The zero-order chi connectivity index (χ0) is 20.6. The van der Waals surface area contributed by atoms with Crippen LogP contribution < -0.4 is 25.3 Å². The van der Waals surface area contributed by atoms with Crippen LogP contribution in [0.4, 0.5) is 0 Å². The van der Waals surface area contributed by atoms with Crippen LogP contribution in [0.25, 0.3) is 0 Å². The number of benzene rings is 2. The quantitative estimate of drug-likeness (QED) is 0.657. The fraction of sp³-hybridized carbons (Fsp3) is 0.435. The molecular weight excluding hydrogens is 404 g/mol. The average molecular weight is 435 g/mol. The summed E-state index contributed by atoms with van der Waals surface area (Å²) < 4.78 is 16.9. The molecule has 7 heteroatoms. The molecule has 2 aromatic carbocycles. The molecule has 3 N–H and O–H groups in total. The molecule has 0 heterocycles. The topological polar surface area (TPSA) is 82.8 Å². The van der Waals surface area contributed by atoms with Crippen LogP contribution in [0, 0.1) is 5.92 Å². The lowest BCUT2D eigenvalue weighted by molar-refractivity contribution is 0.0907. The van der Waals surface area contributed by atoms with Crippen molar-refractivity contribution in [2.24, 2.45) is 11.7 Å². The highest BCUT2D eigenvalue weighted by molar-refractivity contribution is 5.95. The lowest BCUT2D eigenvalue weighted by Crippen LogP contribution is -2.44. The fourth-order valence-corrected chi connectivity index (χ4v) is 3.81. The Morgan fingerprint density at radius 1 is 1.07 bits per heavy atom. The second-order valence-corrected chi connectivity index (χ2v) is 7.34.